The number of esters is 1. The Morgan fingerprint density at radius 2 is 2.25 bits per heavy atom. The lowest BCUT2D eigenvalue weighted by Gasteiger charge is -2.15. The molecule has 20 heavy (non-hydrogen) atoms. The summed E-state index contributed by atoms with van der Waals surface area (Å²) in [6.45, 7) is 4.06. The van der Waals surface area contributed by atoms with Crippen molar-refractivity contribution in [3.8, 4) is 0 Å². The molecule has 6 heteroatoms. The molecule has 1 aromatic carbocycles. The lowest BCUT2D eigenvalue weighted by molar-refractivity contribution is -0.384. The van der Waals surface area contributed by atoms with Gasteiger partial charge in [-0.1, -0.05) is 19.1 Å². The number of rotatable bonds is 4. The van der Waals surface area contributed by atoms with E-state index in [1.54, 1.807) is 12.1 Å². The SMILES string of the molecule is COC(=O)C1CN(Cc2cccc([N+](=O)[O-])c2)CC1C. The Morgan fingerprint density at radius 1 is 1.50 bits per heavy atom. The van der Waals surface area contributed by atoms with Gasteiger partial charge in [0.2, 0.25) is 0 Å². The number of hydrogen-bond acceptors (Lipinski definition) is 5. The highest BCUT2D eigenvalue weighted by Crippen LogP contribution is 2.26. The minimum absolute atomic E-state index is 0.0965. The first-order valence-electron chi connectivity index (χ1n) is 6.54. The summed E-state index contributed by atoms with van der Waals surface area (Å²) in [4.78, 5) is 24.1. The van der Waals surface area contributed by atoms with Crippen LogP contribution in [-0.4, -0.2) is 36.0 Å². The summed E-state index contributed by atoms with van der Waals surface area (Å²) in [6, 6.07) is 6.61. The molecule has 1 heterocycles. The fourth-order valence-electron chi connectivity index (χ4n) is 2.68. The highest BCUT2D eigenvalue weighted by Gasteiger charge is 2.35. The Hall–Kier alpha value is -1.95. The van der Waals surface area contributed by atoms with Crippen LogP contribution in [0.15, 0.2) is 24.3 Å². The molecule has 0 radical (unpaired) electrons. The first-order chi connectivity index (χ1) is 9.51. The van der Waals surface area contributed by atoms with Crippen LogP contribution in [0.4, 0.5) is 5.69 Å². The van der Waals surface area contributed by atoms with Crippen LogP contribution < -0.4 is 0 Å². The van der Waals surface area contributed by atoms with Crippen LogP contribution in [0.25, 0.3) is 0 Å². The van der Waals surface area contributed by atoms with Gasteiger partial charge in [-0.15, -0.1) is 0 Å². The van der Waals surface area contributed by atoms with E-state index in [0.29, 0.717) is 13.1 Å². The minimum Gasteiger partial charge on any atom is -0.469 e. The largest absolute Gasteiger partial charge is 0.469 e. The Balaban J connectivity index is 2.03. The molecular formula is C14H18N2O4. The smallest absolute Gasteiger partial charge is 0.310 e. The second-order valence-corrected chi connectivity index (χ2v) is 5.23. The molecule has 1 aliphatic rings. The van der Waals surface area contributed by atoms with Gasteiger partial charge in [0.1, 0.15) is 0 Å². The summed E-state index contributed by atoms with van der Waals surface area (Å²) < 4.78 is 4.80. The molecule has 2 unspecified atom stereocenters. The fraction of sp³-hybridized carbons (Fsp3) is 0.500. The number of nitro groups is 1. The summed E-state index contributed by atoms with van der Waals surface area (Å²) >= 11 is 0. The molecule has 0 amide bonds. The number of hydrogen-bond donors (Lipinski definition) is 0. The highest BCUT2D eigenvalue weighted by atomic mass is 16.6. The molecule has 1 fully saturated rings. The van der Waals surface area contributed by atoms with Crippen molar-refractivity contribution in [3.05, 3.63) is 39.9 Å². The van der Waals surface area contributed by atoms with Crippen molar-refractivity contribution >= 4 is 11.7 Å². The summed E-state index contributed by atoms with van der Waals surface area (Å²) in [5.74, 6) is -0.0566. The van der Waals surface area contributed by atoms with E-state index in [1.165, 1.54) is 13.2 Å². The van der Waals surface area contributed by atoms with Gasteiger partial charge in [-0.25, -0.2) is 0 Å². The van der Waals surface area contributed by atoms with Gasteiger partial charge < -0.3 is 4.74 Å². The van der Waals surface area contributed by atoms with Gasteiger partial charge in [-0.2, -0.15) is 0 Å². The standard InChI is InChI=1S/C14H18N2O4/c1-10-7-15(9-13(10)14(17)20-2)8-11-4-3-5-12(6-11)16(18)19/h3-6,10,13H,7-9H2,1-2H3. The monoisotopic (exact) mass is 278 g/mol. The van der Waals surface area contributed by atoms with E-state index in [0.717, 1.165) is 12.1 Å². The average Bonchev–Trinajstić information content (AvgIpc) is 2.79. The first-order valence-corrected chi connectivity index (χ1v) is 6.54. The van der Waals surface area contributed by atoms with E-state index < -0.39 is 4.92 Å². The zero-order valence-corrected chi connectivity index (χ0v) is 11.6. The fourth-order valence-corrected chi connectivity index (χ4v) is 2.68. The predicted molar refractivity (Wildman–Crippen MR) is 73.0 cm³/mol. The number of likely N-dealkylation sites (tertiary alicyclic amines) is 1. The Morgan fingerprint density at radius 3 is 2.90 bits per heavy atom. The number of nitrogens with zero attached hydrogens (tertiary/aromatic N) is 2. The maximum Gasteiger partial charge on any atom is 0.310 e. The lowest BCUT2D eigenvalue weighted by Crippen LogP contribution is -2.24. The van der Waals surface area contributed by atoms with Gasteiger partial charge in [0.15, 0.2) is 0 Å². The number of carbonyl (C=O) groups is 1. The summed E-state index contributed by atoms with van der Waals surface area (Å²) in [7, 11) is 1.40. The van der Waals surface area contributed by atoms with Crippen molar-refractivity contribution in [2.24, 2.45) is 11.8 Å². The average molecular weight is 278 g/mol. The predicted octanol–water partition coefficient (Wildman–Crippen LogP) is 1.84. The second kappa shape index (κ2) is 6.00. The molecule has 0 saturated carbocycles. The first kappa shape index (κ1) is 14.5. The van der Waals surface area contributed by atoms with Crippen LogP contribution in [0.5, 0.6) is 0 Å². The zero-order valence-electron chi connectivity index (χ0n) is 11.6. The van der Waals surface area contributed by atoms with Crippen LogP contribution in [0, 0.1) is 22.0 Å². The molecule has 2 rings (SSSR count). The lowest BCUT2D eigenvalue weighted by atomic mass is 9.99. The third-order valence-corrected chi connectivity index (χ3v) is 3.72. The van der Waals surface area contributed by atoms with Gasteiger partial charge in [0.05, 0.1) is 18.0 Å². The molecule has 6 nitrogen and oxygen atoms in total. The third-order valence-electron chi connectivity index (χ3n) is 3.72. The third kappa shape index (κ3) is 3.14. The van der Waals surface area contributed by atoms with E-state index in [9.17, 15) is 14.9 Å². The van der Waals surface area contributed by atoms with Gasteiger partial charge in [-0.05, 0) is 11.5 Å². The number of methoxy groups -OCH3 is 1. The number of benzene rings is 1. The van der Waals surface area contributed by atoms with Gasteiger partial charge in [0, 0.05) is 31.8 Å². The maximum absolute atomic E-state index is 11.6. The van der Waals surface area contributed by atoms with Crippen LogP contribution in [0.3, 0.4) is 0 Å². The number of nitro benzene ring substituents is 1. The molecule has 0 spiro atoms. The van der Waals surface area contributed by atoms with Gasteiger partial charge in [-0.3, -0.25) is 19.8 Å². The van der Waals surface area contributed by atoms with E-state index in [4.69, 9.17) is 4.74 Å². The minimum atomic E-state index is -0.395. The van der Waals surface area contributed by atoms with E-state index in [1.807, 2.05) is 13.0 Å². The molecule has 0 N–H and O–H groups in total. The summed E-state index contributed by atoms with van der Waals surface area (Å²) in [5, 5.41) is 10.8. The van der Waals surface area contributed by atoms with Crippen molar-refractivity contribution in [1.82, 2.24) is 4.90 Å². The number of non-ortho nitro benzene ring substituents is 1. The van der Waals surface area contributed by atoms with E-state index in [2.05, 4.69) is 4.90 Å². The Kier molecular flexibility index (Phi) is 4.34. The van der Waals surface area contributed by atoms with Gasteiger partial charge in [0.25, 0.3) is 5.69 Å². The number of carbonyl (C=O) groups excluding carboxylic acids is 1. The normalized spacial score (nSPS) is 22.7. The van der Waals surface area contributed by atoms with E-state index in [-0.39, 0.29) is 23.5 Å². The summed E-state index contributed by atoms with van der Waals surface area (Å²) in [5.41, 5.74) is 0.983. The molecule has 1 aromatic rings. The molecule has 2 atom stereocenters. The molecule has 0 aromatic heterocycles. The molecule has 1 saturated heterocycles. The van der Waals surface area contributed by atoms with Crippen LogP contribution in [0.2, 0.25) is 0 Å². The van der Waals surface area contributed by atoms with Crippen LogP contribution in [-0.2, 0) is 16.1 Å². The zero-order chi connectivity index (χ0) is 14.7. The molecule has 108 valence electrons. The van der Waals surface area contributed by atoms with Crippen molar-refractivity contribution < 1.29 is 14.5 Å². The van der Waals surface area contributed by atoms with Crippen molar-refractivity contribution in [2.75, 3.05) is 20.2 Å². The molecular weight excluding hydrogens is 260 g/mol. The second-order valence-electron chi connectivity index (χ2n) is 5.23. The maximum atomic E-state index is 11.6. The Labute approximate surface area is 117 Å². The van der Waals surface area contributed by atoms with Crippen molar-refractivity contribution in [2.45, 2.75) is 13.5 Å². The highest BCUT2D eigenvalue weighted by molar-refractivity contribution is 5.73. The van der Waals surface area contributed by atoms with E-state index >= 15 is 0 Å². The quantitative estimate of drug-likeness (QED) is 0.477. The van der Waals surface area contributed by atoms with Crippen molar-refractivity contribution in [3.63, 3.8) is 0 Å². The number of ether oxygens (including phenoxy) is 1. The van der Waals surface area contributed by atoms with Crippen LogP contribution >= 0.6 is 0 Å². The molecule has 0 aliphatic carbocycles. The Bertz CT molecular complexity index is 518. The summed E-state index contributed by atoms with van der Waals surface area (Å²) in [6.07, 6.45) is 0. The topological polar surface area (TPSA) is 72.7 Å². The van der Waals surface area contributed by atoms with Gasteiger partial charge >= 0.3 is 5.97 Å². The van der Waals surface area contributed by atoms with Crippen molar-refractivity contribution in [1.29, 1.82) is 0 Å². The van der Waals surface area contributed by atoms with Crippen LogP contribution in [0.1, 0.15) is 12.5 Å². The molecule has 0 bridgehead atoms. The molecule has 1 aliphatic heterocycles.